The summed E-state index contributed by atoms with van der Waals surface area (Å²) < 4.78 is 5.74. The molecule has 0 fully saturated rings. The molecule has 0 aliphatic carbocycles. The number of alkyl halides is 1. The van der Waals surface area contributed by atoms with Crippen LogP contribution in [-0.4, -0.2) is 11.9 Å². The van der Waals surface area contributed by atoms with Gasteiger partial charge >= 0.3 is 0 Å². The Morgan fingerprint density at radius 2 is 1.70 bits per heavy atom. The van der Waals surface area contributed by atoms with Crippen molar-refractivity contribution in [3.63, 3.8) is 0 Å². The number of para-hydroxylation sites is 1. The molecule has 2 aromatic rings. The second-order valence-corrected chi connectivity index (χ2v) is 5.71. The number of aryl methyl sites for hydroxylation is 1. The van der Waals surface area contributed by atoms with E-state index in [1.165, 1.54) is 11.1 Å². The Kier molecular flexibility index (Phi) is 6.13. The first-order valence-corrected chi connectivity index (χ1v) is 8.22. The summed E-state index contributed by atoms with van der Waals surface area (Å²) in [5.74, 6) is 1.52. The van der Waals surface area contributed by atoms with Gasteiger partial charge in [-0.05, 0) is 43.4 Å². The van der Waals surface area contributed by atoms with Crippen molar-refractivity contribution in [2.45, 2.75) is 25.7 Å². The molecule has 0 aliphatic rings. The van der Waals surface area contributed by atoms with Gasteiger partial charge in [-0.1, -0.05) is 64.0 Å². The first-order chi connectivity index (χ1) is 9.79. The second kappa shape index (κ2) is 8.11. The number of rotatable bonds is 7. The molecule has 1 nitrogen and oxygen atoms in total. The lowest BCUT2D eigenvalue weighted by Crippen LogP contribution is -2.04. The molecule has 0 radical (unpaired) electrons. The molecule has 20 heavy (non-hydrogen) atoms. The van der Waals surface area contributed by atoms with E-state index in [-0.39, 0.29) is 0 Å². The highest BCUT2D eigenvalue weighted by atomic mass is 79.9. The summed E-state index contributed by atoms with van der Waals surface area (Å²) in [7, 11) is 0. The molecular weight excluding hydrogens is 312 g/mol. The third-order valence-corrected chi connectivity index (χ3v) is 4.23. The van der Waals surface area contributed by atoms with Crippen molar-refractivity contribution < 1.29 is 4.74 Å². The topological polar surface area (TPSA) is 9.23 Å². The number of benzene rings is 2. The molecule has 106 valence electrons. The fourth-order valence-electron chi connectivity index (χ4n) is 2.21. The summed E-state index contributed by atoms with van der Waals surface area (Å²) in [5, 5.41) is 1.00. The summed E-state index contributed by atoms with van der Waals surface area (Å²) >= 11 is 3.63. The molecule has 0 aliphatic heterocycles. The van der Waals surface area contributed by atoms with Crippen LogP contribution in [0.25, 0.3) is 0 Å². The summed E-state index contributed by atoms with van der Waals surface area (Å²) in [6.07, 6.45) is 2.21. The molecule has 0 saturated heterocycles. The molecule has 0 spiro atoms. The molecule has 0 saturated carbocycles. The monoisotopic (exact) mass is 332 g/mol. The largest absolute Gasteiger partial charge is 0.494 e. The van der Waals surface area contributed by atoms with Gasteiger partial charge in [0.25, 0.3) is 0 Å². The van der Waals surface area contributed by atoms with Crippen molar-refractivity contribution in [2.24, 2.45) is 0 Å². The normalized spacial score (nSPS) is 12.1. The Labute approximate surface area is 130 Å². The van der Waals surface area contributed by atoms with E-state index in [0.29, 0.717) is 5.92 Å². The van der Waals surface area contributed by atoms with Gasteiger partial charge in [-0.2, -0.15) is 0 Å². The summed E-state index contributed by atoms with van der Waals surface area (Å²) in [4.78, 5) is 0. The average molecular weight is 333 g/mol. The SMILES string of the molecule is Cc1ccc(C(CBr)CCCOc2ccccc2)cc1. The predicted molar refractivity (Wildman–Crippen MR) is 88.9 cm³/mol. The van der Waals surface area contributed by atoms with E-state index < -0.39 is 0 Å². The molecule has 2 aromatic carbocycles. The lowest BCUT2D eigenvalue weighted by atomic mass is 9.95. The zero-order valence-corrected chi connectivity index (χ0v) is 13.5. The lowest BCUT2D eigenvalue weighted by Gasteiger charge is -2.15. The van der Waals surface area contributed by atoms with Crippen molar-refractivity contribution in [3.8, 4) is 5.75 Å². The van der Waals surface area contributed by atoms with Gasteiger partial charge in [0.1, 0.15) is 5.75 Å². The third-order valence-electron chi connectivity index (χ3n) is 3.44. The van der Waals surface area contributed by atoms with Crippen LogP contribution in [0.1, 0.15) is 29.9 Å². The molecular formula is C18H21BrO. The maximum absolute atomic E-state index is 5.74. The lowest BCUT2D eigenvalue weighted by molar-refractivity contribution is 0.303. The molecule has 1 unspecified atom stereocenters. The van der Waals surface area contributed by atoms with E-state index in [1.807, 2.05) is 30.3 Å². The minimum Gasteiger partial charge on any atom is -0.494 e. The van der Waals surface area contributed by atoms with Gasteiger partial charge in [-0.15, -0.1) is 0 Å². The third kappa shape index (κ3) is 4.68. The molecule has 2 rings (SSSR count). The molecule has 1 atom stereocenters. The van der Waals surface area contributed by atoms with Crippen LogP contribution in [0.15, 0.2) is 54.6 Å². The van der Waals surface area contributed by atoms with Gasteiger partial charge in [0, 0.05) is 5.33 Å². The van der Waals surface area contributed by atoms with Crippen molar-refractivity contribution in [1.29, 1.82) is 0 Å². The fourth-order valence-corrected chi connectivity index (χ4v) is 2.91. The Hall–Kier alpha value is -1.28. The van der Waals surface area contributed by atoms with Crippen molar-refractivity contribution in [2.75, 3.05) is 11.9 Å². The van der Waals surface area contributed by atoms with Crippen LogP contribution < -0.4 is 4.74 Å². The van der Waals surface area contributed by atoms with Crippen LogP contribution in [0.2, 0.25) is 0 Å². The van der Waals surface area contributed by atoms with Crippen LogP contribution in [0.5, 0.6) is 5.75 Å². The van der Waals surface area contributed by atoms with Crippen LogP contribution in [-0.2, 0) is 0 Å². The molecule has 0 N–H and O–H groups in total. The van der Waals surface area contributed by atoms with Gasteiger partial charge < -0.3 is 4.74 Å². The number of halogens is 1. The molecule has 0 aromatic heterocycles. The Morgan fingerprint density at radius 3 is 2.35 bits per heavy atom. The zero-order valence-electron chi connectivity index (χ0n) is 11.9. The highest BCUT2D eigenvalue weighted by Gasteiger charge is 2.09. The summed E-state index contributed by atoms with van der Waals surface area (Å²) in [6.45, 7) is 2.90. The van der Waals surface area contributed by atoms with Crippen molar-refractivity contribution in [3.05, 3.63) is 65.7 Å². The number of ether oxygens (including phenoxy) is 1. The Bertz CT molecular complexity index is 493. The van der Waals surface area contributed by atoms with Gasteiger partial charge in [0.05, 0.1) is 6.61 Å². The van der Waals surface area contributed by atoms with Gasteiger partial charge in [-0.25, -0.2) is 0 Å². The zero-order chi connectivity index (χ0) is 14.2. The van der Waals surface area contributed by atoms with E-state index >= 15 is 0 Å². The maximum atomic E-state index is 5.74. The van der Waals surface area contributed by atoms with E-state index in [4.69, 9.17) is 4.74 Å². The van der Waals surface area contributed by atoms with Crippen LogP contribution in [0.4, 0.5) is 0 Å². The van der Waals surface area contributed by atoms with E-state index in [0.717, 1.165) is 30.5 Å². The Balaban J connectivity index is 1.78. The van der Waals surface area contributed by atoms with E-state index in [9.17, 15) is 0 Å². The number of hydrogen-bond donors (Lipinski definition) is 0. The smallest absolute Gasteiger partial charge is 0.119 e. The van der Waals surface area contributed by atoms with Crippen LogP contribution in [0, 0.1) is 6.92 Å². The molecule has 0 heterocycles. The van der Waals surface area contributed by atoms with E-state index in [1.54, 1.807) is 0 Å². The molecule has 0 amide bonds. The highest BCUT2D eigenvalue weighted by Crippen LogP contribution is 2.24. The molecule has 0 bridgehead atoms. The quantitative estimate of drug-likeness (QED) is 0.491. The maximum Gasteiger partial charge on any atom is 0.119 e. The van der Waals surface area contributed by atoms with Gasteiger partial charge in [0.2, 0.25) is 0 Å². The first kappa shape index (κ1) is 15.1. The highest BCUT2D eigenvalue weighted by molar-refractivity contribution is 9.09. The van der Waals surface area contributed by atoms with Crippen molar-refractivity contribution >= 4 is 15.9 Å². The minimum atomic E-state index is 0.565. The standard InChI is InChI=1S/C18H21BrO/c1-15-9-11-16(12-10-15)17(14-19)6-5-13-20-18-7-3-2-4-8-18/h2-4,7-12,17H,5-6,13-14H2,1H3. The predicted octanol–water partition coefficient (Wildman–Crippen LogP) is 5.33. The van der Waals surface area contributed by atoms with Gasteiger partial charge in [-0.3, -0.25) is 0 Å². The number of hydrogen-bond acceptors (Lipinski definition) is 1. The summed E-state index contributed by atoms with van der Waals surface area (Å²) in [6, 6.07) is 18.9. The fraction of sp³-hybridized carbons (Fsp3) is 0.333. The van der Waals surface area contributed by atoms with Crippen LogP contribution >= 0.6 is 15.9 Å². The second-order valence-electron chi connectivity index (χ2n) is 5.07. The first-order valence-electron chi connectivity index (χ1n) is 7.10. The Morgan fingerprint density at radius 1 is 1.00 bits per heavy atom. The average Bonchev–Trinajstić information content (AvgIpc) is 2.50. The summed E-state index contributed by atoms with van der Waals surface area (Å²) in [5.41, 5.74) is 2.72. The van der Waals surface area contributed by atoms with Crippen LogP contribution in [0.3, 0.4) is 0 Å². The van der Waals surface area contributed by atoms with Crippen molar-refractivity contribution in [1.82, 2.24) is 0 Å². The van der Waals surface area contributed by atoms with Gasteiger partial charge in [0.15, 0.2) is 0 Å². The minimum absolute atomic E-state index is 0.565. The van der Waals surface area contributed by atoms with E-state index in [2.05, 4.69) is 47.1 Å². The molecule has 2 heteroatoms.